The SMILES string of the molecule is Cc1cccc(Nc2ccccc2C(=O)N2CC[C@@H](O)C2)c1C. The molecule has 0 unspecified atom stereocenters. The van der Waals surface area contributed by atoms with Crippen LogP contribution < -0.4 is 5.32 Å². The molecule has 1 atom stereocenters. The first-order valence-electron chi connectivity index (χ1n) is 7.96. The van der Waals surface area contributed by atoms with Gasteiger partial charge in [0.15, 0.2) is 0 Å². The first-order chi connectivity index (χ1) is 11.1. The fraction of sp³-hybridized carbons (Fsp3) is 0.316. The number of aryl methyl sites for hydroxylation is 1. The van der Waals surface area contributed by atoms with Crippen molar-refractivity contribution in [3.63, 3.8) is 0 Å². The molecule has 1 aliphatic rings. The van der Waals surface area contributed by atoms with E-state index >= 15 is 0 Å². The van der Waals surface area contributed by atoms with Gasteiger partial charge in [0.2, 0.25) is 0 Å². The van der Waals surface area contributed by atoms with E-state index in [-0.39, 0.29) is 5.91 Å². The van der Waals surface area contributed by atoms with Gasteiger partial charge in [-0.25, -0.2) is 0 Å². The van der Waals surface area contributed by atoms with Crippen LogP contribution in [0, 0.1) is 13.8 Å². The molecule has 0 spiro atoms. The lowest BCUT2D eigenvalue weighted by Crippen LogP contribution is -2.30. The highest BCUT2D eigenvalue weighted by atomic mass is 16.3. The summed E-state index contributed by atoms with van der Waals surface area (Å²) in [4.78, 5) is 14.4. The number of hydrogen-bond donors (Lipinski definition) is 2. The van der Waals surface area contributed by atoms with Gasteiger partial charge in [-0.05, 0) is 49.6 Å². The van der Waals surface area contributed by atoms with Gasteiger partial charge in [-0.3, -0.25) is 4.79 Å². The summed E-state index contributed by atoms with van der Waals surface area (Å²) in [7, 11) is 0. The largest absolute Gasteiger partial charge is 0.391 e. The van der Waals surface area contributed by atoms with Gasteiger partial charge in [-0.2, -0.15) is 0 Å². The highest BCUT2D eigenvalue weighted by Crippen LogP contribution is 2.26. The number of anilines is 2. The third kappa shape index (κ3) is 3.22. The van der Waals surface area contributed by atoms with Crippen LogP contribution in [0.3, 0.4) is 0 Å². The first-order valence-corrected chi connectivity index (χ1v) is 7.96. The molecule has 2 N–H and O–H groups in total. The molecule has 2 aromatic carbocycles. The number of rotatable bonds is 3. The van der Waals surface area contributed by atoms with E-state index in [0.29, 0.717) is 25.1 Å². The molecule has 0 aliphatic carbocycles. The van der Waals surface area contributed by atoms with Crippen LogP contribution >= 0.6 is 0 Å². The van der Waals surface area contributed by atoms with E-state index in [9.17, 15) is 9.90 Å². The lowest BCUT2D eigenvalue weighted by molar-refractivity contribution is 0.0766. The van der Waals surface area contributed by atoms with Crippen LogP contribution in [0.1, 0.15) is 27.9 Å². The lowest BCUT2D eigenvalue weighted by atomic mass is 10.1. The van der Waals surface area contributed by atoms with Crippen molar-refractivity contribution in [2.75, 3.05) is 18.4 Å². The number of likely N-dealkylation sites (tertiary alicyclic amines) is 1. The minimum atomic E-state index is -0.405. The maximum Gasteiger partial charge on any atom is 0.256 e. The van der Waals surface area contributed by atoms with Crippen molar-refractivity contribution >= 4 is 17.3 Å². The highest BCUT2D eigenvalue weighted by molar-refractivity contribution is 6.00. The molecule has 23 heavy (non-hydrogen) atoms. The Kier molecular flexibility index (Phi) is 4.35. The Morgan fingerprint density at radius 3 is 2.61 bits per heavy atom. The first kappa shape index (κ1) is 15.6. The minimum absolute atomic E-state index is 0.0324. The number of aliphatic hydroxyl groups excluding tert-OH is 1. The van der Waals surface area contributed by atoms with E-state index in [1.165, 1.54) is 11.1 Å². The van der Waals surface area contributed by atoms with Gasteiger partial charge >= 0.3 is 0 Å². The molecule has 4 heteroatoms. The van der Waals surface area contributed by atoms with Crippen molar-refractivity contribution < 1.29 is 9.90 Å². The summed E-state index contributed by atoms with van der Waals surface area (Å²) in [6, 6.07) is 13.6. The Balaban J connectivity index is 1.89. The van der Waals surface area contributed by atoms with Gasteiger partial charge in [0.1, 0.15) is 0 Å². The summed E-state index contributed by atoms with van der Waals surface area (Å²) < 4.78 is 0. The predicted octanol–water partition coefficient (Wildman–Crippen LogP) is 3.25. The molecule has 0 saturated carbocycles. The van der Waals surface area contributed by atoms with Crippen molar-refractivity contribution in [3.05, 3.63) is 59.2 Å². The summed E-state index contributed by atoms with van der Waals surface area (Å²) in [6.07, 6.45) is 0.247. The predicted molar refractivity (Wildman–Crippen MR) is 92.2 cm³/mol. The number of carbonyl (C=O) groups excluding carboxylic acids is 1. The van der Waals surface area contributed by atoms with Crippen molar-refractivity contribution in [1.29, 1.82) is 0 Å². The number of aliphatic hydroxyl groups is 1. The summed E-state index contributed by atoms with van der Waals surface area (Å²) in [5.41, 5.74) is 4.83. The quantitative estimate of drug-likeness (QED) is 0.915. The molecule has 1 aliphatic heterocycles. The van der Waals surface area contributed by atoms with E-state index in [2.05, 4.69) is 25.2 Å². The van der Waals surface area contributed by atoms with E-state index in [1.54, 1.807) is 4.90 Å². The van der Waals surface area contributed by atoms with Crippen LogP contribution in [-0.2, 0) is 0 Å². The molecule has 0 radical (unpaired) electrons. The molecule has 0 bridgehead atoms. The maximum atomic E-state index is 12.7. The molecule has 3 rings (SSSR count). The maximum absolute atomic E-state index is 12.7. The number of carbonyl (C=O) groups is 1. The number of hydrogen-bond acceptors (Lipinski definition) is 3. The minimum Gasteiger partial charge on any atom is -0.391 e. The molecule has 1 heterocycles. The number of nitrogens with zero attached hydrogens (tertiary/aromatic N) is 1. The lowest BCUT2D eigenvalue weighted by Gasteiger charge is -2.19. The van der Waals surface area contributed by atoms with Crippen LogP contribution in [0.4, 0.5) is 11.4 Å². The molecule has 2 aromatic rings. The Morgan fingerprint density at radius 1 is 1.13 bits per heavy atom. The van der Waals surface area contributed by atoms with Gasteiger partial charge in [-0.15, -0.1) is 0 Å². The van der Waals surface area contributed by atoms with E-state index in [0.717, 1.165) is 11.4 Å². The fourth-order valence-corrected chi connectivity index (χ4v) is 2.91. The van der Waals surface area contributed by atoms with Crippen molar-refractivity contribution in [2.45, 2.75) is 26.4 Å². The van der Waals surface area contributed by atoms with Gasteiger partial charge in [0, 0.05) is 18.8 Å². The molecule has 0 aromatic heterocycles. The van der Waals surface area contributed by atoms with Crippen molar-refractivity contribution in [2.24, 2.45) is 0 Å². The number of amides is 1. The Bertz CT molecular complexity index is 727. The van der Waals surface area contributed by atoms with Gasteiger partial charge in [0.05, 0.1) is 17.4 Å². The number of para-hydroxylation sites is 1. The third-order valence-electron chi connectivity index (χ3n) is 4.48. The van der Waals surface area contributed by atoms with E-state index in [4.69, 9.17) is 0 Å². The average molecular weight is 310 g/mol. The summed E-state index contributed by atoms with van der Waals surface area (Å²) in [5.74, 6) is -0.0324. The topological polar surface area (TPSA) is 52.6 Å². The van der Waals surface area contributed by atoms with E-state index < -0.39 is 6.10 Å². The van der Waals surface area contributed by atoms with E-state index in [1.807, 2.05) is 36.4 Å². The monoisotopic (exact) mass is 310 g/mol. The zero-order valence-corrected chi connectivity index (χ0v) is 13.5. The highest BCUT2D eigenvalue weighted by Gasteiger charge is 2.26. The van der Waals surface area contributed by atoms with Crippen LogP contribution in [0.2, 0.25) is 0 Å². The standard InChI is InChI=1S/C19H22N2O2/c1-13-6-5-9-17(14(13)2)20-18-8-4-3-7-16(18)19(23)21-11-10-15(22)12-21/h3-9,15,20,22H,10-12H2,1-2H3/t15-/m1/s1. The van der Waals surface area contributed by atoms with Gasteiger partial charge in [-0.1, -0.05) is 24.3 Å². The second kappa shape index (κ2) is 6.42. The number of benzene rings is 2. The van der Waals surface area contributed by atoms with Crippen LogP contribution in [0.25, 0.3) is 0 Å². The van der Waals surface area contributed by atoms with Gasteiger partial charge < -0.3 is 15.3 Å². The third-order valence-corrected chi connectivity index (χ3v) is 4.48. The summed E-state index contributed by atoms with van der Waals surface area (Å²) in [6.45, 7) is 5.16. The molecule has 1 fully saturated rings. The molecular weight excluding hydrogens is 288 g/mol. The smallest absolute Gasteiger partial charge is 0.256 e. The second-order valence-electron chi connectivity index (χ2n) is 6.11. The zero-order valence-electron chi connectivity index (χ0n) is 13.5. The van der Waals surface area contributed by atoms with Crippen LogP contribution in [0.15, 0.2) is 42.5 Å². The molecule has 4 nitrogen and oxygen atoms in total. The van der Waals surface area contributed by atoms with Crippen molar-refractivity contribution in [1.82, 2.24) is 4.90 Å². The Hall–Kier alpha value is -2.33. The number of β-amino-alcohol motifs (C(OH)–C–C–N with tert-alkyl or cyclic N) is 1. The van der Waals surface area contributed by atoms with Gasteiger partial charge in [0.25, 0.3) is 5.91 Å². The number of nitrogens with one attached hydrogen (secondary N) is 1. The average Bonchev–Trinajstić information content (AvgIpc) is 2.98. The second-order valence-corrected chi connectivity index (χ2v) is 6.11. The summed E-state index contributed by atoms with van der Waals surface area (Å²) in [5, 5.41) is 13.0. The zero-order chi connectivity index (χ0) is 16.4. The van der Waals surface area contributed by atoms with Crippen LogP contribution in [-0.4, -0.2) is 35.1 Å². The molecule has 1 saturated heterocycles. The fourth-order valence-electron chi connectivity index (χ4n) is 2.91. The molecular formula is C19H22N2O2. The Labute approximate surface area is 136 Å². The normalized spacial score (nSPS) is 17.3. The summed E-state index contributed by atoms with van der Waals surface area (Å²) >= 11 is 0. The Morgan fingerprint density at radius 2 is 1.87 bits per heavy atom. The molecule has 120 valence electrons. The molecule has 1 amide bonds. The van der Waals surface area contributed by atoms with Crippen LogP contribution in [0.5, 0.6) is 0 Å². The van der Waals surface area contributed by atoms with Crippen molar-refractivity contribution in [3.8, 4) is 0 Å².